The van der Waals surface area contributed by atoms with Crippen molar-refractivity contribution in [2.75, 3.05) is 20.2 Å². The monoisotopic (exact) mass is 260 g/mol. The molecule has 0 radical (unpaired) electrons. The Balaban J connectivity index is 2.45. The maximum absolute atomic E-state index is 11.7. The van der Waals surface area contributed by atoms with Crippen LogP contribution in [0.1, 0.15) is 12.8 Å². The number of hydrogen-bond acceptors (Lipinski definition) is 5. The number of urea groups is 1. The second-order valence-electron chi connectivity index (χ2n) is 3.95. The average molecular weight is 260 g/mol. The van der Waals surface area contributed by atoms with Crippen LogP contribution in [0.4, 0.5) is 4.79 Å². The van der Waals surface area contributed by atoms with Crippen molar-refractivity contribution in [3.63, 3.8) is 0 Å². The molecule has 1 aliphatic heterocycles. The van der Waals surface area contributed by atoms with Crippen molar-refractivity contribution in [2.45, 2.75) is 25.0 Å². The zero-order chi connectivity index (χ0) is 13.7. The van der Waals surface area contributed by atoms with Crippen LogP contribution in [-0.2, 0) is 14.3 Å². The number of likely N-dealkylation sites (tertiary alicyclic amines) is 1. The first-order valence-corrected chi connectivity index (χ1v) is 5.48. The molecule has 0 aromatic rings. The highest BCUT2D eigenvalue weighted by Crippen LogP contribution is 2.17. The van der Waals surface area contributed by atoms with Crippen LogP contribution in [0.15, 0.2) is 0 Å². The van der Waals surface area contributed by atoms with Gasteiger partial charge in [-0.3, -0.25) is 4.79 Å². The number of aliphatic carboxylic acids is 1. The molecule has 1 fully saturated rings. The van der Waals surface area contributed by atoms with Gasteiger partial charge in [-0.25, -0.2) is 9.59 Å². The Hall–Kier alpha value is -1.83. The predicted molar refractivity (Wildman–Crippen MR) is 58.8 cm³/mol. The molecule has 1 aliphatic rings. The van der Waals surface area contributed by atoms with E-state index in [1.54, 1.807) is 0 Å². The van der Waals surface area contributed by atoms with E-state index in [1.807, 2.05) is 0 Å². The van der Waals surface area contributed by atoms with Crippen molar-refractivity contribution in [1.29, 1.82) is 0 Å². The quantitative estimate of drug-likeness (QED) is 0.545. The van der Waals surface area contributed by atoms with E-state index in [0.29, 0.717) is 0 Å². The Kier molecular flexibility index (Phi) is 4.90. The molecule has 0 aromatic carbocycles. The van der Waals surface area contributed by atoms with Gasteiger partial charge in [0.25, 0.3) is 0 Å². The van der Waals surface area contributed by atoms with Crippen molar-refractivity contribution in [3.05, 3.63) is 0 Å². The molecule has 0 unspecified atom stereocenters. The summed E-state index contributed by atoms with van der Waals surface area (Å²) in [5.41, 5.74) is 0. The number of rotatable bonds is 4. The topological polar surface area (TPSA) is 116 Å². The zero-order valence-electron chi connectivity index (χ0n) is 9.96. The van der Waals surface area contributed by atoms with E-state index in [2.05, 4.69) is 10.1 Å². The molecule has 18 heavy (non-hydrogen) atoms. The van der Waals surface area contributed by atoms with Gasteiger partial charge in [-0.15, -0.1) is 0 Å². The van der Waals surface area contributed by atoms with E-state index in [-0.39, 0.29) is 25.9 Å². The molecule has 0 spiro atoms. The summed E-state index contributed by atoms with van der Waals surface area (Å²) in [6, 6.07) is -1.64. The normalized spacial score (nSPS) is 22.7. The molecule has 3 N–H and O–H groups in total. The van der Waals surface area contributed by atoms with Crippen LogP contribution >= 0.6 is 0 Å². The van der Waals surface area contributed by atoms with Crippen LogP contribution in [0, 0.1) is 0 Å². The van der Waals surface area contributed by atoms with Crippen molar-refractivity contribution in [3.8, 4) is 0 Å². The third kappa shape index (κ3) is 3.59. The molecule has 0 aromatic heterocycles. The van der Waals surface area contributed by atoms with Gasteiger partial charge in [0.15, 0.2) is 0 Å². The fourth-order valence-corrected chi connectivity index (χ4v) is 1.75. The summed E-state index contributed by atoms with van der Waals surface area (Å²) >= 11 is 0. The smallest absolute Gasteiger partial charge is 0.326 e. The lowest BCUT2D eigenvalue weighted by Crippen LogP contribution is -2.46. The molecule has 0 saturated carbocycles. The van der Waals surface area contributed by atoms with Gasteiger partial charge >= 0.3 is 18.0 Å². The molecule has 2 amide bonds. The van der Waals surface area contributed by atoms with Crippen molar-refractivity contribution < 1.29 is 29.3 Å². The van der Waals surface area contributed by atoms with Gasteiger partial charge in [0, 0.05) is 19.5 Å². The highest BCUT2D eigenvalue weighted by molar-refractivity contribution is 5.83. The molecule has 102 valence electrons. The van der Waals surface area contributed by atoms with E-state index in [0.717, 1.165) is 4.90 Å². The summed E-state index contributed by atoms with van der Waals surface area (Å²) in [4.78, 5) is 34.4. The first-order chi connectivity index (χ1) is 8.45. The lowest BCUT2D eigenvalue weighted by molar-refractivity contribution is -0.142. The van der Waals surface area contributed by atoms with Crippen LogP contribution in [0.2, 0.25) is 0 Å². The lowest BCUT2D eigenvalue weighted by atomic mass is 10.2. The summed E-state index contributed by atoms with van der Waals surface area (Å²) in [5.74, 6) is -1.62. The minimum atomic E-state index is -1.16. The average Bonchev–Trinajstić information content (AvgIpc) is 2.71. The number of nitrogens with zero attached hydrogens (tertiary/aromatic N) is 1. The van der Waals surface area contributed by atoms with Gasteiger partial charge in [0.05, 0.1) is 19.6 Å². The minimum Gasteiger partial charge on any atom is -0.480 e. The van der Waals surface area contributed by atoms with E-state index in [9.17, 15) is 19.5 Å². The summed E-state index contributed by atoms with van der Waals surface area (Å²) in [6.45, 7) is 0.0332. The first kappa shape index (κ1) is 14.2. The van der Waals surface area contributed by atoms with Gasteiger partial charge < -0.3 is 25.2 Å². The van der Waals surface area contributed by atoms with E-state index in [1.165, 1.54) is 7.11 Å². The number of carbonyl (C=O) groups is 3. The van der Waals surface area contributed by atoms with Gasteiger partial charge in [0.2, 0.25) is 0 Å². The van der Waals surface area contributed by atoms with Gasteiger partial charge in [-0.2, -0.15) is 0 Å². The van der Waals surface area contributed by atoms with Gasteiger partial charge in [-0.1, -0.05) is 0 Å². The molecule has 0 bridgehead atoms. The fraction of sp³-hybridized carbons (Fsp3) is 0.700. The van der Waals surface area contributed by atoms with Gasteiger partial charge in [0.1, 0.15) is 6.04 Å². The number of carboxylic acid groups (broad SMARTS) is 1. The summed E-state index contributed by atoms with van der Waals surface area (Å²) in [5, 5.41) is 20.7. The number of hydrogen-bond donors (Lipinski definition) is 3. The van der Waals surface area contributed by atoms with Crippen molar-refractivity contribution in [2.24, 2.45) is 0 Å². The molecule has 1 saturated heterocycles. The van der Waals surface area contributed by atoms with E-state index in [4.69, 9.17) is 5.11 Å². The number of esters is 1. The van der Waals surface area contributed by atoms with Crippen LogP contribution in [0.5, 0.6) is 0 Å². The SMILES string of the molecule is COC(=O)CCNC(=O)N1C[C@H](O)C[C@H]1C(=O)O. The molecule has 1 heterocycles. The highest BCUT2D eigenvalue weighted by atomic mass is 16.5. The molecular weight excluding hydrogens is 244 g/mol. The standard InChI is InChI=1S/C10H16N2O6/c1-18-8(14)2-3-11-10(17)12-5-6(13)4-7(12)9(15)16/h6-7,13H,2-5H2,1H3,(H,11,17)(H,15,16)/t6-,7+/m1/s1. The third-order valence-electron chi connectivity index (χ3n) is 2.66. The number of β-amino-alcohol motifs (C(OH)–C–C–N with tert-alkyl or cyclic N) is 1. The number of ether oxygens (including phenoxy) is 1. The van der Waals surface area contributed by atoms with E-state index >= 15 is 0 Å². The number of amides is 2. The number of aliphatic hydroxyl groups is 1. The Morgan fingerprint density at radius 2 is 2.11 bits per heavy atom. The third-order valence-corrected chi connectivity index (χ3v) is 2.66. The number of aliphatic hydroxyl groups excluding tert-OH is 1. The molecule has 2 atom stereocenters. The zero-order valence-corrected chi connectivity index (χ0v) is 9.96. The summed E-state index contributed by atoms with van der Waals surface area (Å²) in [7, 11) is 1.24. The molecule has 8 nitrogen and oxygen atoms in total. The lowest BCUT2D eigenvalue weighted by Gasteiger charge is -2.21. The molecular formula is C10H16N2O6. The Morgan fingerprint density at radius 1 is 1.44 bits per heavy atom. The number of methoxy groups -OCH3 is 1. The Morgan fingerprint density at radius 3 is 2.67 bits per heavy atom. The predicted octanol–water partition coefficient (Wildman–Crippen LogP) is -1.22. The van der Waals surface area contributed by atoms with Crippen LogP contribution in [-0.4, -0.2) is 65.4 Å². The molecule has 8 heteroatoms. The molecule has 1 rings (SSSR count). The van der Waals surface area contributed by atoms with Crippen LogP contribution < -0.4 is 5.32 Å². The number of nitrogens with one attached hydrogen (secondary N) is 1. The summed E-state index contributed by atoms with van der Waals surface area (Å²) in [6.07, 6.45) is -0.812. The summed E-state index contributed by atoms with van der Waals surface area (Å²) < 4.78 is 4.40. The largest absolute Gasteiger partial charge is 0.480 e. The Bertz CT molecular complexity index is 345. The van der Waals surface area contributed by atoms with E-state index < -0.39 is 30.1 Å². The maximum atomic E-state index is 11.7. The minimum absolute atomic E-state index is 0.0103. The first-order valence-electron chi connectivity index (χ1n) is 5.48. The van der Waals surface area contributed by atoms with Crippen molar-refractivity contribution >= 4 is 18.0 Å². The van der Waals surface area contributed by atoms with Crippen LogP contribution in [0.3, 0.4) is 0 Å². The number of carboxylic acids is 1. The molecule has 0 aliphatic carbocycles. The Labute approximate surface area is 104 Å². The van der Waals surface area contributed by atoms with Crippen molar-refractivity contribution in [1.82, 2.24) is 10.2 Å². The maximum Gasteiger partial charge on any atom is 0.326 e. The van der Waals surface area contributed by atoms with Gasteiger partial charge in [-0.05, 0) is 0 Å². The second kappa shape index (κ2) is 6.20. The fourth-order valence-electron chi connectivity index (χ4n) is 1.75. The highest BCUT2D eigenvalue weighted by Gasteiger charge is 2.38. The second-order valence-corrected chi connectivity index (χ2v) is 3.95. The van der Waals surface area contributed by atoms with Crippen LogP contribution in [0.25, 0.3) is 0 Å². The number of carbonyl (C=O) groups excluding carboxylic acids is 2.